The molecule has 22 heavy (non-hydrogen) atoms. The molecule has 2 aliphatic heterocycles. The summed E-state index contributed by atoms with van der Waals surface area (Å²) < 4.78 is 0. The third-order valence-electron chi connectivity index (χ3n) is 4.90. The highest BCUT2D eigenvalue weighted by atomic mass is 16.2. The predicted octanol–water partition coefficient (Wildman–Crippen LogP) is -0.648. The van der Waals surface area contributed by atoms with Gasteiger partial charge in [0.1, 0.15) is 0 Å². The normalized spacial score (nSPS) is 24.6. The summed E-state index contributed by atoms with van der Waals surface area (Å²) in [6, 6.07) is 8.33. The van der Waals surface area contributed by atoms with Gasteiger partial charge in [-0.25, -0.2) is 0 Å². The van der Waals surface area contributed by atoms with Crippen molar-refractivity contribution in [3.8, 4) is 0 Å². The van der Waals surface area contributed by atoms with Crippen LogP contribution in [-0.4, -0.2) is 42.9 Å². The Kier molecular flexibility index (Phi) is 4.43. The number of carbonyl (C=O) groups excluding carboxylic acids is 2. The molecule has 2 heterocycles. The Balaban J connectivity index is 1.58. The molecule has 0 radical (unpaired) electrons. The molecule has 1 fully saturated rings. The zero-order valence-electron chi connectivity index (χ0n) is 12.9. The summed E-state index contributed by atoms with van der Waals surface area (Å²) in [7, 11) is 0. The van der Waals surface area contributed by atoms with Crippen molar-refractivity contribution in [2.75, 3.05) is 26.2 Å². The molecule has 1 saturated heterocycles. The highest BCUT2D eigenvalue weighted by molar-refractivity contribution is 5.78. The van der Waals surface area contributed by atoms with Gasteiger partial charge in [0, 0.05) is 13.1 Å². The first kappa shape index (κ1) is 15.0. The second-order valence-electron chi connectivity index (χ2n) is 6.46. The number of likely N-dealkylation sites (tertiary alicyclic amines) is 1. The average Bonchev–Trinajstić information content (AvgIpc) is 2.54. The van der Waals surface area contributed by atoms with Crippen LogP contribution in [0.25, 0.3) is 0 Å². The van der Waals surface area contributed by atoms with E-state index in [1.165, 1.54) is 16.0 Å². The number of hydrogen-bond donors (Lipinski definition) is 2. The van der Waals surface area contributed by atoms with Gasteiger partial charge in [0.25, 0.3) is 5.91 Å². The molecule has 1 aromatic rings. The third kappa shape index (κ3) is 3.30. The Morgan fingerprint density at radius 2 is 2.05 bits per heavy atom. The minimum atomic E-state index is -0.225. The predicted molar refractivity (Wildman–Crippen MR) is 83.0 cm³/mol. The number of nitrogens with zero attached hydrogens (tertiary/aromatic N) is 1. The number of hydrogen-bond acceptors (Lipinski definition) is 2. The Morgan fingerprint density at radius 1 is 1.27 bits per heavy atom. The van der Waals surface area contributed by atoms with Crippen molar-refractivity contribution < 1.29 is 14.5 Å². The van der Waals surface area contributed by atoms with Gasteiger partial charge < -0.3 is 15.5 Å². The standard InChI is InChI=1S/C17H23N3O2/c18-17(22)15-6-3-8-19(10-15)12-16(21)20-9-7-13-4-1-2-5-14(13)11-20/h1-2,4-5,15H,3,6-12H2,(H2,18,22)/p+1/t15-/m1/s1. The Hall–Kier alpha value is -1.88. The topological polar surface area (TPSA) is 67.8 Å². The summed E-state index contributed by atoms with van der Waals surface area (Å²) in [5, 5.41) is 0. The molecule has 3 N–H and O–H groups in total. The summed E-state index contributed by atoms with van der Waals surface area (Å²) in [4.78, 5) is 27.0. The highest BCUT2D eigenvalue weighted by Gasteiger charge is 2.30. The summed E-state index contributed by atoms with van der Waals surface area (Å²) in [5.74, 6) is -0.107. The fourth-order valence-corrected chi connectivity index (χ4v) is 3.59. The van der Waals surface area contributed by atoms with Gasteiger partial charge in [-0.1, -0.05) is 24.3 Å². The zero-order chi connectivity index (χ0) is 15.5. The number of piperidine rings is 1. The van der Waals surface area contributed by atoms with Crippen molar-refractivity contribution in [1.29, 1.82) is 0 Å². The Morgan fingerprint density at radius 3 is 2.82 bits per heavy atom. The van der Waals surface area contributed by atoms with Crippen LogP contribution >= 0.6 is 0 Å². The summed E-state index contributed by atoms with van der Waals surface area (Å²) in [6.07, 6.45) is 2.77. The molecular formula is C17H24N3O2+. The van der Waals surface area contributed by atoms with E-state index >= 15 is 0 Å². The summed E-state index contributed by atoms with van der Waals surface area (Å²) in [6.45, 7) is 3.64. The van der Waals surface area contributed by atoms with Crippen molar-refractivity contribution in [1.82, 2.24) is 4.90 Å². The zero-order valence-corrected chi connectivity index (χ0v) is 12.9. The minimum Gasteiger partial charge on any atom is -0.369 e. The molecular weight excluding hydrogens is 278 g/mol. The highest BCUT2D eigenvalue weighted by Crippen LogP contribution is 2.18. The van der Waals surface area contributed by atoms with Gasteiger partial charge in [-0.2, -0.15) is 0 Å². The molecule has 2 amide bonds. The van der Waals surface area contributed by atoms with Crippen LogP contribution in [0.2, 0.25) is 0 Å². The first-order valence-electron chi connectivity index (χ1n) is 8.11. The lowest BCUT2D eigenvalue weighted by Gasteiger charge is -2.32. The van der Waals surface area contributed by atoms with E-state index in [-0.39, 0.29) is 17.7 Å². The van der Waals surface area contributed by atoms with E-state index in [2.05, 4.69) is 18.2 Å². The molecule has 118 valence electrons. The van der Waals surface area contributed by atoms with Gasteiger partial charge in [0.2, 0.25) is 5.91 Å². The maximum absolute atomic E-state index is 12.5. The molecule has 2 aliphatic rings. The third-order valence-corrected chi connectivity index (χ3v) is 4.90. The van der Waals surface area contributed by atoms with Crippen molar-refractivity contribution >= 4 is 11.8 Å². The van der Waals surface area contributed by atoms with E-state index in [9.17, 15) is 9.59 Å². The largest absolute Gasteiger partial charge is 0.369 e. The molecule has 2 atom stereocenters. The maximum atomic E-state index is 12.5. The van der Waals surface area contributed by atoms with Crippen LogP contribution in [0.3, 0.4) is 0 Å². The van der Waals surface area contributed by atoms with Crippen molar-refractivity contribution in [2.45, 2.75) is 25.8 Å². The van der Waals surface area contributed by atoms with E-state index in [1.807, 2.05) is 11.0 Å². The first-order valence-corrected chi connectivity index (χ1v) is 8.11. The maximum Gasteiger partial charge on any atom is 0.278 e. The van der Waals surface area contributed by atoms with Gasteiger partial charge >= 0.3 is 0 Å². The van der Waals surface area contributed by atoms with Crippen molar-refractivity contribution in [3.05, 3.63) is 35.4 Å². The molecule has 0 saturated carbocycles. The Labute approximate surface area is 131 Å². The molecule has 5 heteroatoms. The number of nitrogens with two attached hydrogens (primary N) is 1. The monoisotopic (exact) mass is 302 g/mol. The molecule has 0 aliphatic carbocycles. The van der Waals surface area contributed by atoms with Gasteiger partial charge in [0.15, 0.2) is 6.54 Å². The van der Waals surface area contributed by atoms with Crippen molar-refractivity contribution in [3.63, 3.8) is 0 Å². The van der Waals surface area contributed by atoms with Crippen LogP contribution in [0.4, 0.5) is 0 Å². The first-order chi connectivity index (χ1) is 10.6. The second-order valence-corrected chi connectivity index (χ2v) is 6.46. The molecule has 0 bridgehead atoms. The van der Waals surface area contributed by atoms with Crippen molar-refractivity contribution in [2.24, 2.45) is 11.7 Å². The van der Waals surface area contributed by atoms with E-state index in [0.29, 0.717) is 19.6 Å². The molecule has 1 aromatic carbocycles. The lowest BCUT2D eigenvalue weighted by molar-refractivity contribution is -0.899. The molecule has 5 nitrogen and oxygen atoms in total. The van der Waals surface area contributed by atoms with E-state index in [0.717, 1.165) is 32.4 Å². The smallest absolute Gasteiger partial charge is 0.278 e. The molecule has 3 rings (SSSR count). The lowest BCUT2D eigenvalue weighted by Crippen LogP contribution is -3.15. The van der Waals surface area contributed by atoms with Gasteiger partial charge in [-0.3, -0.25) is 9.59 Å². The number of quaternary nitrogens is 1. The molecule has 1 unspecified atom stereocenters. The number of primary amides is 1. The fourth-order valence-electron chi connectivity index (χ4n) is 3.59. The van der Waals surface area contributed by atoms with Crippen LogP contribution in [0, 0.1) is 5.92 Å². The fraction of sp³-hybridized carbons (Fsp3) is 0.529. The molecule has 0 aromatic heterocycles. The summed E-state index contributed by atoms with van der Waals surface area (Å²) >= 11 is 0. The quantitative estimate of drug-likeness (QED) is 0.779. The average molecular weight is 302 g/mol. The van der Waals surface area contributed by atoms with Gasteiger partial charge in [-0.05, 0) is 30.4 Å². The van der Waals surface area contributed by atoms with Crippen LogP contribution in [-0.2, 0) is 22.6 Å². The van der Waals surface area contributed by atoms with Crippen LogP contribution in [0.15, 0.2) is 24.3 Å². The summed E-state index contributed by atoms with van der Waals surface area (Å²) in [5.41, 5.74) is 8.02. The second kappa shape index (κ2) is 6.48. The van der Waals surface area contributed by atoms with Gasteiger partial charge in [-0.15, -0.1) is 0 Å². The molecule has 0 spiro atoms. The minimum absolute atomic E-state index is 0.0707. The lowest BCUT2D eigenvalue weighted by atomic mass is 9.97. The number of benzene rings is 1. The number of nitrogens with one attached hydrogen (secondary N) is 1. The number of amides is 2. The van der Waals surface area contributed by atoms with E-state index in [1.54, 1.807) is 0 Å². The van der Waals surface area contributed by atoms with Crippen LogP contribution in [0.1, 0.15) is 24.0 Å². The van der Waals surface area contributed by atoms with Gasteiger partial charge in [0.05, 0.1) is 19.0 Å². The number of fused-ring (bicyclic) bond motifs is 1. The van der Waals surface area contributed by atoms with Crippen LogP contribution < -0.4 is 10.6 Å². The SMILES string of the molecule is NC(=O)[C@@H]1CCC[NH+](CC(=O)N2CCc3ccccc3C2)C1. The Bertz CT molecular complexity index is 573. The van der Waals surface area contributed by atoms with Crippen LogP contribution in [0.5, 0.6) is 0 Å². The van der Waals surface area contributed by atoms with E-state index in [4.69, 9.17) is 5.73 Å². The van der Waals surface area contributed by atoms with E-state index < -0.39 is 0 Å². The number of carbonyl (C=O) groups is 2. The number of rotatable bonds is 3.